The van der Waals surface area contributed by atoms with Crippen molar-refractivity contribution >= 4 is 11.7 Å². The fourth-order valence-electron chi connectivity index (χ4n) is 2.89. The molecule has 25 heavy (non-hydrogen) atoms. The first-order valence-electron chi connectivity index (χ1n) is 8.36. The molecule has 1 saturated heterocycles. The number of H-pyrrole nitrogens is 1. The lowest BCUT2D eigenvalue weighted by atomic mass is 10.2. The zero-order valence-electron chi connectivity index (χ0n) is 13.9. The average Bonchev–Trinajstić information content (AvgIpc) is 3.28. The largest absolute Gasteiger partial charge is 0.366 e. The first-order valence-corrected chi connectivity index (χ1v) is 8.36. The van der Waals surface area contributed by atoms with Crippen LogP contribution in [0.3, 0.4) is 0 Å². The smallest absolute Gasteiger partial charge is 0.274 e. The number of fused-ring (bicyclic) bond motifs is 1. The van der Waals surface area contributed by atoms with Crippen LogP contribution in [0.2, 0.25) is 0 Å². The van der Waals surface area contributed by atoms with Crippen LogP contribution in [0.4, 0.5) is 0 Å². The van der Waals surface area contributed by atoms with Crippen LogP contribution < -0.4 is 0 Å². The maximum absolute atomic E-state index is 12.8. The number of nitrogens with one attached hydrogen (secondary N) is 1. The summed E-state index contributed by atoms with van der Waals surface area (Å²) in [6.07, 6.45) is 6.68. The van der Waals surface area contributed by atoms with Crippen LogP contribution in [0.25, 0.3) is 5.78 Å². The summed E-state index contributed by atoms with van der Waals surface area (Å²) >= 11 is 0. The Kier molecular flexibility index (Phi) is 4.14. The van der Waals surface area contributed by atoms with Crippen molar-refractivity contribution in [2.45, 2.75) is 25.9 Å². The molecule has 3 aromatic heterocycles. The maximum Gasteiger partial charge on any atom is 0.274 e. The third kappa shape index (κ3) is 3.10. The van der Waals surface area contributed by atoms with E-state index in [1.807, 2.05) is 6.20 Å². The van der Waals surface area contributed by atoms with Gasteiger partial charge in [0.1, 0.15) is 17.6 Å². The second-order valence-electron chi connectivity index (χ2n) is 5.95. The van der Waals surface area contributed by atoms with Crippen molar-refractivity contribution in [1.29, 1.82) is 0 Å². The molecule has 4 rings (SSSR count). The van der Waals surface area contributed by atoms with Crippen LogP contribution in [0.15, 0.2) is 24.7 Å². The number of hydrogen-bond acceptors (Lipinski definition) is 6. The standard InChI is InChI=1S/C16H19N7O2/c1-2-4-13-19-14(21-20-13)12-10-22(7-8-25-12)15(24)11-9-23-6-3-5-17-16(23)18-11/h3,5-6,9,12H,2,4,7-8,10H2,1H3,(H,19,20,21). The van der Waals surface area contributed by atoms with Crippen LogP contribution >= 0.6 is 0 Å². The Morgan fingerprint density at radius 2 is 2.36 bits per heavy atom. The number of nitrogens with zero attached hydrogens (tertiary/aromatic N) is 6. The van der Waals surface area contributed by atoms with E-state index >= 15 is 0 Å². The molecular formula is C16H19N7O2. The number of aryl methyl sites for hydroxylation is 1. The summed E-state index contributed by atoms with van der Waals surface area (Å²) in [7, 11) is 0. The number of ether oxygens (including phenoxy) is 1. The lowest BCUT2D eigenvalue weighted by molar-refractivity contribution is -0.0268. The number of hydrogen-bond donors (Lipinski definition) is 1. The number of amides is 1. The second kappa shape index (κ2) is 6.60. The second-order valence-corrected chi connectivity index (χ2v) is 5.95. The molecule has 0 spiro atoms. The molecule has 1 fully saturated rings. The van der Waals surface area contributed by atoms with Crippen LogP contribution in [0.5, 0.6) is 0 Å². The SMILES string of the molecule is CCCc1nc(C2CN(C(=O)c3cn4cccnc4n3)CCO2)n[nH]1. The Balaban J connectivity index is 1.50. The first kappa shape index (κ1) is 15.7. The number of aromatic amines is 1. The van der Waals surface area contributed by atoms with Gasteiger partial charge in [0.05, 0.1) is 13.2 Å². The molecule has 1 unspecified atom stereocenters. The summed E-state index contributed by atoms with van der Waals surface area (Å²) in [5, 5.41) is 7.16. The van der Waals surface area contributed by atoms with Crippen molar-refractivity contribution in [3.05, 3.63) is 42.0 Å². The first-order chi connectivity index (χ1) is 12.2. The third-order valence-electron chi connectivity index (χ3n) is 4.13. The minimum Gasteiger partial charge on any atom is -0.366 e. The van der Waals surface area contributed by atoms with Crippen LogP contribution in [-0.4, -0.2) is 60.1 Å². The number of carbonyl (C=O) groups is 1. The molecule has 0 bridgehead atoms. The third-order valence-corrected chi connectivity index (χ3v) is 4.13. The molecule has 1 aliphatic heterocycles. The van der Waals surface area contributed by atoms with Gasteiger partial charge in [0.15, 0.2) is 5.82 Å². The van der Waals surface area contributed by atoms with Gasteiger partial charge < -0.3 is 9.64 Å². The number of morpholine rings is 1. The topological polar surface area (TPSA) is 101 Å². The Labute approximate surface area is 144 Å². The maximum atomic E-state index is 12.8. The summed E-state index contributed by atoms with van der Waals surface area (Å²) in [4.78, 5) is 27.4. The van der Waals surface area contributed by atoms with E-state index in [-0.39, 0.29) is 12.0 Å². The predicted octanol–water partition coefficient (Wildman–Crippen LogP) is 1.01. The highest BCUT2D eigenvalue weighted by molar-refractivity contribution is 5.92. The van der Waals surface area contributed by atoms with Crippen molar-refractivity contribution < 1.29 is 9.53 Å². The Bertz CT molecular complexity index is 854. The van der Waals surface area contributed by atoms with E-state index in [1.54, 1.807) is 27.8 Å². The Hall–Kier alpha value is -2.81. The fraction of sp³-hybridized carbons (Fsp3) is 0.438. The van der Waals surface area contributed by atoms with Crippen molar-refractivity contribution in [3.63, 3.8) is 0 Å². The summed E-state index contributed by atoms with van der Waals surface area (Å²) < 4.78 is 7.49. The van der Waals surface area contributed by atoms with Crippen molar-refractivity contribution in [3.8, 4) is 0 Å². The Morgan fingerprint density at radius 1 is 1.44 bits per heavy atom. The minimum absolute atomic E-state index is 0.136. The van der Waals surface area contributed by atoms with Crippen LogP contribution in [-0.2, 0) is 11.2 Å². The predicted molar refractivity (Wildman–Crippen MR) is 88.0 cm³/mol. The molecule has 130 valence electrons. The van der Waals surface area contributed by atoms with E-state index in [2.05, 4.69) is 32.1 Å². The summed E-state index contributed by atoms with van der Waals surface area (Å²) in [6.45, 7) is 3.45. The van der Waals surface area contributed by atoms with Gasteiger partial charge in [0.2, 0.25) is 5.78 Å². The lowest BCUT2D eigenvalue weighted by Gasteiger charge is -2.31. The molecule has 1 N–H and O–H groups in total. The summed E-state index contributed by atoms with van der Waals surface area (Å²) in [5.74, 6) is 1.81. The van der Waals surface area contributed by atoms with Gasteiger partial charge in [-0.1, -0.05) is 6.92 Å². The number of imidazole rings is 1. The zero-order valence-corrected chi connectivity index (χ0v) is 13.9. The molecule has 0 saturated carbocycles. The quantitative estimate of drug-likeness (QED) is 0.760. The van der Waals surface area contributed by atoms with E-state index < -0.39 is 0 Å². The van der Waals surface area contributed by atoms with Crippen LogP contribution in [0, 0.1) is 0 Å². The van der Waals surface area contributed by atoms with Gasteiger partial charge in [-0.05, 0) is 12.5 Å². The van der Waals surface area contributed by atoms with Gasteiger partial charge in [0.25, 0.3) is 5.91 Å². The fourth-order valence-corrected chi connectivity index (χ4v) is 2.89. The molecule has 0 aromatic carbocycles. The monoisotopic (exact) mass is 341 g/mol. The summed E-state index contributed by atoms with van der Waals surface area (Å²) in [5.41, 5.74) is 0.376. The van der Waals surface area contributed by atoms with E-state index in [9.17, 15) is 4.79 Å². The molecule has 9 heteroatoms. The van der Waals surface area contributed by atoms with Crippen molar-refractivity contribution in [2.75, 3.05) is 19.7 Å². The van der Waals surface area contributed by atoms with Gasteiger partial charge >= 0.3 is 0 Å². The molecule has 9 nitrogen and oxygen atoms in total. The number of carbonyl (C=O) groups excluding carboxylic acids is 1. The van der Waals surface area contributed by atoms with Crippen molar-refractivity contribution in [1.82, 2.24) is 34.4 Å². The number of rotatable bonds is 4. The normalized spacial score (nSPS) is 18.0. The van der Waals surface area contributed by atoms with Gasteiger partial charge in [0, 0.05) is 31.6 Å². The lowest BCUT2D eigenvalue weighted by Crippen LogP contribution is -2.42. The van der Waals surface area contributed by atoms with Crippen LogP contribution in [0.1, 0.15) is 41.6 Å². The number of aromatic nitrogens is 6. The van der Waals surface area contributed by atoms with Gasteiger partial charge in [-0.3, -0.25) is 14.3 Å². The van der Waals surface area contributed by atoms with Gasteiger partial charge in [-0.2, -0.15) is 5.10 Å². The molecule has 0 radical (unpaired) electrons. The zero-order chi connectivity index (χ0) is 17.2. The highest BCUT2D eigenvalue weighted by Crippen LogP contribution is 2.20. The van der Waals surface area contributed by atoms with E-state index in [0.717, 1.165) is 18.7 Å². The molecule has 3 aromatic rings. The summed E-state index contributed by atoms with van der Waals surface area (Å²) in [6, 6.07) is 1.80. The van der Waals surface area contributed by atoms with E-state index in [4.69, 9.17) is 4.74 Å². The Morgan fingerprint density at radius 3 is 3.20 bits per heavy atom. The molecule has 1 atom stereocenters. The van der Waals surface area contributed by atoms with Crippen molar-refractivity contribution in [2.24, 2.45) is 0 Å². The van der Waals surface area contributed by atoms with E-state index in [0.29, 0.717) is 37.0 Å². The van der Waals surface area contributed by atoms with Gasteiger partial charge in [-0.25, -0.2) is 15.0 Å². The minimum atomic E-state index is -0.324. The molecule has 0 aliphatic carbocycles. The average molecular weight is 341 g/mol. The van der Waals surface area contributed by atoms with E-state index in [1.165, 1.54) is 0 Å². The highest BCUT2D eigenvalue weighted by atomic mass is 16.5. The molecule has 1 amide bonds. The molecule has 4 heterocycles. The van der Waals surface area contributed by atoms with Gasteiger partial charge in [-0.15, -0.1) is 0 Å². The molecule has 1 aliphatic rings. The highest BCUT2D eigenvalue weighted by Gasteiger charge is 2.29. The molecular weight excluding hydrogens is 322 g/mol.